The molecule has 0 bridgehead atoms. The van der Waals surface area contributed by atoms with Crippen LogP contribution in [0.25, 0.3) is 0 Å². The summed E-state index contributed by atoms with van der Waals surface area (Å²) in [4.78, 5) is 11.2. The molecule has 2 unspecified atom stereocenters. The minimum atomic E-state index is -0.0583. The van der Waals surface area contributed by atoms with Crippen molar-refractivity contribution >= 4 is 6.29 Å². The number of phenolic OH excluding ortho intramolecular Hbond substituents is 1. The van der Waals surface area contributed by atoms with Crippen molar-refractivity contribution in [2.24, 2.45) is 5.92 Å². The minimum Gasteiger partial charge on any atom is -0.507 e. The number of hydrogen-bond acceptors (Lipinski definition) is 5. The van der Waals surface area contributed by atoms with Gasteiger partial charge < -0.3 is 14.6 Å². The van der Waals surface area contributed by atoms with Crippen LogP contribution in [0.4, 0.5) is 0 Å². The number of aromatic nitrogens is 2. The molecule has 6 nitrogen and oxygen atoms in total. The Labute approximate surface area is 152 Å². The van der Waals surface area contributed by atoms with Crippen molar-refractivity contribution < 1.29 is 19.4 Å². The second-order valence-electron chi connectivity index (χ2n) is 7.13. The number of hydrogen-bond donors (Lipinski definition) is 1. The van der Waals surface area contributed by atoms with Gasteiger partial charge in [-0.1, -0.05) is 6.07 Å². The van der Waals surface area contributed by atoms with Gasteiger partial charge in [-0.15, -0.1) is 0 Å². The molecule has 1 aromatic heterocycles. The van der Waals surface area contributed by atoms with Crippen molar-refractivity contribution in [2.45, 2.75) is 37.6 Å². The highest BCUT2D eigenvalue weighted by Gasteiger charge is 2.33. The highest BCUT2D eigenvalue weighted by atomic mass is 16.5. The maximum Gasteiger partial charge on any atom is 0.157 e. The first kappa shape index (κ1) is 17.1. The molecular weight excluding hydrogens is 332 g/mol. The zero-order chi connectivity index (χ0) is 17.9. The molecule has 0 radical (unpaired) electrons. The predicted molar refractivity (Wildman–Crippen MR) is 95.8 cm³/mol. The average molecular weight is 356 g/mol. The van der Waals surface area contributed by atoms with Gasteiger partial charge in [0.1, 0.15) is 11.5 Å². The van der Waals surface area contributed by atoms with Gasteiger partial charge in [0.2, 0.25) is 0 Å². The summed E-state index contributed by atoms with van der Waals surface area (Å²) in [7, 11) is 0. The summed E-state index contributed by atoms with van der Waals surface area (Å²) >= 11 is 0. The minimum absolute atomic E-state index is 0.0583. The smallest absolute Gasteiger partial charge is 0.157 e. The fourth-order valence-electron chi connectivity index (χ4n) is 3.88. The van der Waals surface area contributed by atoms with Crippen LogP contribution >= 0.6 is 0 Å². The molecule has 6 heteroatoms. The largest absolute Gasteiger partial charge is 0.507 e. The molecule has 0 spiro atoms. The SMILES string of the molecule is O=Cc1c(O)cccc1OCC1COCCC1c1ccnn1C1CCC1. The lowest BCUT2D eigenvalue weighted by atomic mass is 9.85. The van der Waals surface area contributed by atoms with Gasteiger partial charge in [0.15, 0.2) is 6.29 Å². The lowest BCUT2D eigenvalue weighted by molar-refractivity contribution is 0.0176. The van der Waals surface area contributed by atoms with Crippen LogP contribution < -0.4 is 4.74 Å². The van der Waals surface area contributed by atoms with E-state index in [2.05, 4.69) is 15.8 Å². The number of rotatable bonds is 6. The highest BCUT2D eigenvalue weighted by Crippen LogP contribution is 2.38. The standard InChI is InChI=1S/C20H24N2O4/c23-11-17-19(24)5-2-6-20(17)26-13-14-12-25-10-8-16(14)18-7-9-21-22(18)15-3-1-4-15/h2,5-7,9,11,14-16,24H,1,3-4,8,10,12-13H2. The first-order valence-corrected chi connectivity index (χ1v) is 9.29. The van der Waals surface area contributed by atoms with Crippen LogP contribution in [0.5, 0.6) is 11.5 Å². The summed E-state index contributed by atoms with van der Waals surface area (Å²) < 4.78 is 13.8. The van der Waals surface area contributed by atoms with E-state index < -0.39 is 0 Å². The van der Waals surface area contributed by atoms with E-state index in [1.54, 1.807) is 12.1 Å². The van der Waals surface area contributed by atoms with Crippen LogP contribution in [-0.4, -0.2) is 41.0 Å². The summed E-state index contributed by atoms with van der Waals surface area (Å²) in [6.45, 7) is 1.79. The van der Waals surface area contributed by atoms with E-state index in [4.69, 9.17) is 9.47 Å². The Bertz CT molecular complexity index is 769. The van der Waals surface area contributed by atoms with E-state index >= 15 is 0 Å². The zero-order valence-corrected chi connectivity index (χ0v) is 14.7. The van der Waals surface area contributed by atoms with E-state index in [0.29, 0.717) is 37.2 Å². The summed E-state index contributed by atoms with van der Waals surface area (Å²) in [5.41, 5.74) is 1.46. The molecule has 2 aliphatic rings. The third-order valence-electron chi connectivity index (χ3n) is 5.59. The van der Waals surface area contributed by atoms with Gasteiger partial charge in [-0.05, 0) is 43.9 Å². The van der Waals surface area contributed by atoms with Crippen molar-refractivity contribution in [1.82, 2.24) is 9.78 Å². The molecular formula is C20H24N2O4. The summed E-state index contributed by atoms with van der Waals surface area (Å²) in [6.07, 6.45) is 7.13. The average Bonchev–Trinajstić information content (AvgIpc) is 3.07. The summed E-state index contributed by atoms with van der Waals surface area (Å²) in [5.74, 6) is 0.860. The molecule has 2 atom stereocenters. The first-order valence-electron chi connectivity index (χ1n) is 9.29. The maximum atomic E-state index is 11.2. The molecule has 4 rings (SSSR count). The summed E-state index contributed by atoms with van der Waals surface area (Å²) in [5, 5.41) is 14.4. The molecule has 1 saturated heterocycles. The van der Waals surface area contributed by atoms with Gasteiger partial charge in [-0.3, -0.25) is 9.48 Å². The number of benzene rings is 1. The fourth-order valence-corrected chi connectivity index (χ4v) is 3.88. The van der Waals surface area contributed by atoms with Gasteiger partial charge in [-0.2, -0.15) is 5.10 Å². The first-order chi connectivity index (χ1) is 12.8. The van der Waals surface area contributed by atoms with Crippen molar-refractivity contribution in [2.75, 3.05) is 19.8 Å². The Hall–Kier alpha value is -2.34. The highest BCUT2D eigenvalue weighted by molar-refractivity contribution is 5.83. The molecule has 0 amide bonds. The lowest BCUT2D eigenvalue weighted by Gasteiger charge is -2.35. The van der Waals surface area contributed by atoms with Gasteiger partial charge in [0, 0.05) is 30.3 Å². The molecule has 1 aromatic carbocycles. The van der Waals surface area contributed by atoms with Gasteiger partial charge >= 0.3 is 0 Å². The third kappa shape index (κ3) is 3.21. The quantitative estimate of drug-likeness (QED) is 0.804. The van der Waals surface area contributed by atoms with Crippen LogP contribution in [-0.2, 0) is 4.74 Å². The van der Waals surface area contributed by atoms with Crippen molar-refractivity contribution in [3.63, 3.8) is 0 Å². The number of carbonyl (C=O) groups excluding carboxylic acids is 1. The normalized spacial score (nSPS) is 23.4. The Kier molecular flexibility index (Phi) is 4.93. The van der Waals surface area contributed by atoms with Crippen molar-refractivity contribution in [1.29, 1.82) is 0 Å². The summed E-state index contributed by atoms with van der Waals surface area (Å²) in [6, 6.07) is 7.52. The number of nitrogens with zero attached hydrogens (tertiary/aromatic N) is 2. The van der Waals surface area contributed by atoms with Crippen LogP contribution in [0.15, 0.2) is 30.5 Å². The Morgan fingerprint density at radius 2 is 2.19 bits per heavy atom. The van der Waals surface area contributed by atoms with E-state index in [-0.39, 0.29) is 17.2 Å². The number of phenols is 1. The molecule has 2 fully saturated rings. The Morgan fingerprint density at radius 3 is 2.96 bits per heavy atom. The topological polar surface area (TPSA) is 73.6 Å². The monoisotopic (exact) mass is 356 g/mol. The van der Waals surface area contributed by atoms with Crippen LogP contribution in [0.2, 0.25) is 0 Å². The molecule has 1 aliphatic carbocycles. The van der Waals surface area contributed by atoms with Gasteiger partial charge in [0.25, 0.3) is 0 Å². The Balaban J connectivity index is 1.51. The lowest BCUT2D eigenvalue weighted by Crippen LogP contribution is -2.33. The van der Waals surface area contributed by atoms with E-state index in [0.717, 1.165) is 13.0 Å². The Morgan fingerprint density at radius 1 is 1.31 bits per heavy atom. The predicted octanol–water partition coefficient (Wildman–Crippen LogP) is 3.33. The molecule has 1 saturated carbocycles. The molecule has 2 heterocycles. The number of ether oxygens (including phenoxy) is 2. The van der Waals surface area contributed by atoms with Crippen molar-refractivity contribution in [3.05, 3.63) is 41.7 Å². The van der Waals surface area contributed by atoms with Gasteiger partial charge in [0.05, 0.1) is 24.8 Å². The number of aromatic hydroxyl groups is 1. The maximum absolute atomic E-state index is 11.2. The second-order valence-corrected chi connectivity index (χ2v) is 7.13. The number of carbonyl (C=O) groups is 1. The van der Waals surface area contributed by atoms with Crippen LogP contribution in [0, 0.1) is 5.92 Å². The number of aldehydes is 1. The molecule has 26 heavy (non-hydrogen) atoms. The molecule has 1 aliphatic heterocycles. The second kappa shape index (κ2) is 7.50. The molecule has 138 valence electrons. The molecule has 2 aromatic rings. The van der Waals surface area contributed by atoms with E-state index in [1.165, 1.54) is 31.0 Å². The fraction of sp³-hybridized carbons (Fsp3) is 0.500. The van der Waals surface area contributed by atoms with Crippen molar-refractivity contribution in [3.8, 4) is 11.5 Å². The van der Waals surface area contributed by atoms with Gasteiger partial charge in [-0.25, -0.2) is 0 Å². The van der Waals surface area contributed by atoms with Crippen LogP contribution in [0.1, 0.15) is 53.7 Å². The van der Waals surface area contributed by atoms with Crippen LogP contribution in [0.3, 0.4) is 0 Å². The molecule has 1 N–H and O–H groups in total. The zero-order valence-electron chi connectivity index (χ0n) is 14.7. The van der Waals surface area contributed by atoms with E-state index in [1.807, 2.05) is 6.20 Å². The third-order valence-corrected chi connectivity index (χ3v) is 5.59. The van der Waals surface area contributed by atoms with E-state index in [9.17, 15) is 9.90 Å².